The van der Waals surface area contributed by atoms with Gasteiger partial charge in [-0.3, -0.25) is 0 Å². The van der Waals surface area contributed by atoms with Crippen molar-refractivity contribution in [2.75, 3.05) is 14.7 Å². The third-order valence-electron chi connectivity index (χ3n) is 16.2. The first-order valence-electron chi connectivity index (χ1n) is 25.4. The van der Waals surface area contributed by atoms with Gasteiger partial charge in [0, 0.05) is 62.4 Å². The number of anilines is 7. The van der Waals surface area contributed by atoms with Crippen molar-refractivity contribution in [3.05, 3.63) is 218 Å². The molecule has 0 amide bonds. The van der Waals surface area contributed by atoms with Crippen molar-refractivity contribution in [3.63, 3.8) is 0 Å². The van der Waals surface area contributed by atoms with Crippen LogP contribution >= 0.6 is 0 Å². The van der Waals surface area contributed by atoms with Crippen molar-refractivity contribution >= 4 is 114 Å². The summed E-state index contributed by atoms with van der Waals surface area (Å²) >= 11 is 0. The van der Waals surface area contributed by atoms with Gasteiger partial charge in [0.05, 0.1) is 5.69 Å². The van der Waals surface area contributed by atoms with Crippen molar-refractivity contribution < 1.29 is 4.42 Å². The van der Waals surface area contributed by atoms with Crippen LogP contribution in [0.15, 0.2) is 217 Å². The zero-order valence-corrected chi connectivity index (χ0v) is 41.0. The monoisotopic (exact) mass is 919 g/mol. The Kier molecular flexibility index (Phi) is 9.32. The molecule has 0 saturated heterocycles. The molecular formula is C64H54BN3OSi. The molecule has 3 aliphatic heterocycles. The molecule has 4 heterocycles. The Bertz CT molecular complexity index is 3530. The average molecular weight is 920 g/mol. The summed E-state index contributed by atoms with van der Waals surface area (Å²) in [7, 11) is -3.08. The predicted octanol–water partition coefficient (Wildman–Crippen LogP) is 11.7. The van der Waals surface area contributed by atoms with E-state index in [1.54, 1.807) is 0 Å². The maximum absolute atomic E-state index is 7.19. The topological polar surface area (TPSA) is 22.9 Å². The van der Waals surface area contributed by atoms with E-state index in [9.17, 15) is 0 Å². The van der Waals surface area contributed by atoms with Gasteiger partial charge in [-0.25, -0.2) is 0 Å². The molecule has 1 saturated carbocycles. The standard InChI is InChI=1S/C64H54BN3OSi/c1-64(2,3)68-55-35-21-19-33-49(55)52-41-57-54(42-56(52)68)65-53-38-37-51-50-34-20-22-36-60(50)69-63(51)62(53)67(44-25-11-5-12-26-44)59-40-48(39-58(61(59)65)66(57)43-23-9-4-10-24-43)70(45-27-13-6-14-28-45,46-29-15-7-16-30-46)47-31-17-8-18-32-47/h4-18,20,22-32,34,36-42,49,55H,19,21,33,35H2,1-3H3. The highest BCUT2D eigenvalue weighted by Crippen LogP contribution is 2.54. The zero-order valence-electron chi connectivity index (χ0n) is 40.0. The van der Waals surface area contributed by atoms with Crippen LogP contribution in [0.25, 0.3) is 21.9 Å². The summed E-state index contributed by atoms with van der Waals surface area (Å²) in [4.78, 5) is 8.04. The van der Waals surface area contributed by atoms with Gasteiger partial charge in [0.2, 0.25) is 0 Å². The summed E-state index contributed by atoms with van der Waals surface area (Å²) < 4.78 is 7.19. The molecule has 9 aromatic carbocycles. The third kappa shape index (κ3) is 5.96. The summed E-state index contributed by atoms with van der Waals surface area (Å²) in [5, 5.41) is 7.66. The Morgan fingerprint density at radius 1 is 0.486 bits per heavy atom. The van der Waals surface area contributed by atoms with Crippen molar-refractivity contribution in [3.8, 4) is 0 Å². The Morgan fingerprint density at radius 3 is 1.64 bits per heavy atom. The highest BCUT2D eigenvalue weighted by Gasteiger charge is 2.51. The smallest absolute Gasteiger partial charge is 0.252 e. The minimum absolute atomic E-state index is 0.0409. The van der Waals surface area contributed by atoms with Crippen molar-refractivity contribution in [2.45, 2.75) is 64.0 Å². The minimum atomic E-state index is -3.08. The van der Waals surface area contributed by atoms with Crippen molar-refractivity contribution in [1.82, 2.24) is 0 Å². The fourth-order valence-electron chi connectivity index (χ4n) is 13.6. The molecule has 1 aliphatic carbocycles. The van der Waals surface area contributed by atoms with Gasteiger partial charge in [-0.05, 0) is 131 Å². The van der Waals surface area contributed by atoms with E-state index < -0.39 is 8.07 Å². The molecule has 14 rings (SSSR count). The molecule has 10 aromatic rings. The molecule has 0 spiro atoms. The highest BCUT2D eigenvalue weighted by molar-refractivity contribution is 7.20. The first-order valence-corrected chi connectivity index (χ1v) is 27.4. The van der Waals surface area contributed by atoms with E-state index in [4.69, 9.17) is 4.42 Å². The zero-order chi connectivity index (χ0) is 46.7. The number of nitrogens with zero attached hydrogens (tertiary/aromatic N) is 3. The lowest BCUT2D eigenvalue weighted by Crippen LogP contribution is -2.75. The molecule has 0 N–H and O–H groups in total. The third-order valence-corrected chi connectivity index (χ3v) is 21.0. The number of hydrogen-bond donors (Lipinski definition) is 0. The fraction of sp³-hybridized carbons (Fsp3) is 0.156. The lowest BCUT2D eigenvalue weighted by Gasteiger charge is -2.46. The number of fused-ring (bicyclic) bond motifs is 11. The second kappa shape index (κ2) is 15.7. The van der Waals surface area contributed by atoms with Gasteiger partial charge in [-0.2, -0.15) is 0 Å². The molecule has 6 heteroatoms. The quantitative estimate of drug-likeness (QED) is 0.122. The van der Waals surface area contributed by atoms with Gasteiger partial charge < -0.3 is 19.1 Å². The first kappa shape index (κ1) is 41.4. The first-order chi connectivity index (χ1) is 34.4. The van der Waals surface area contributed by atoms with E-state index in [0.29, 0.717) is 12.0 Å². The summed E-state index contributed by atoms with van der Waals surface area (Å²) in [6, 6.07) is 80.9. The molecule has 0 radical (unpaired) electrons. The van der Waals surface area contributed by atoms with Gasteiger partial charge in [-0.15, -0.1) is 0 Å². The summed E-state index contributed by atoms with van der Waals surface area (Å²) in [5.41, 5.74) is 15.7. The molecule has 4 nitrogen and oxygen atoms in total. The van der Waals surface area contributed by atoms with Crippen LogP contribution in [-0.4, -0.2) is 26.4 Å². The van der Waals surface area contributed by atoms with Crippen LogP contribution in [0, 0.1) is 0 Å². The van der Waals surface area contributed by atoms with E-state index in [-0.39, 0.29) is 12.3 Å². The second-order valence-corrected chi connectivity index (χ2v) is 24.8. The molecule has 338 valence electrons. The number of benzene rings is 9. The van der Waals surface area contributed by atoms with Crippen LogP contribution < -0.4 is 51.8 Å². The Hall–Kier alpha value is -7.54. The van der Waals surface area contributed by atoms with E-state index in [2.05, 4.69) is 248 Å². The summed E-state index contributed by atoms with van der Waals surface area (Å²) in [5.74, 6) is 0.492. The van der Waals surface area contributed by atoms with Crippen LogP contribution in [0.2, 0.25) is 0 Å². The molecule has 0 bridgehead atoms. The number of rotatable bonds is 6. The average Bonchev–Trinajstić information content (AvgIpc) is 3.96. The van der Waals surface area contributed by atoms with Crippen LogP contribution in [-0.2, 0) is 0 Å². The molecule has 70 heavy (non-hydrogen) atoms. The summed E-state index contributed by atoms with van der Waals surface area (Å²) in [6.45, 7) is 7.18. The van der Waals surface area contributed by atoms with E-state index in [1.807, 2.05) is 0 Å². The molecule has 4 aliphatic rings. The molecule has 1 aromatic heterocycles. The Balaban J connectivity index is 1.18. The van der Waals surface area contributed by atoms with Gasteiger partial charge >= 0.3 is 0 Å². The predicted molar refractivity (Wildman–Crippen MR) is 299 cm³/mol. The largest absolute Gasteiger partial charge is 0.454 e. The maximum Gasteiger partial charge on any atom is 0.252 e. The van der Waals surface area contributed by atoms with E-state index in [1.165, 1.54) is 96.8 Å². The van der Waals surface area contributed by atoms with E-state index in [0.717, 1.165) is 33.3 Å². The van der Waals surface area contributed by atoms with Crippen LogP contribution in [0.1, 0.15) is 57.9 Å². The molecule has 2 unspecified atom stereocenters. The lowest BCUT2D eigenvalue weighted by atomic mass is 9.33. The second-order valence-electron chi connectivity index (χ2n) is 21.0. The highest BCUT2D eigenvalue weighted by atomic mass is 28.3. The number of furan rings is 1. The van der Waals surface area contributed by atoms with Crippen molar-refractivity contribution in [2.24, 2.45) is 0 Å². The van der Waals surface area contributed by atoms with Gasteiger partial charge in [0.25, 0.3) is 6.71 Å². The fourth-order valence-corrected chi connectivity index (χ4v) is 18.4. The number of hydrogen-bond acceptors (Lipinski definition) is 4. The molecular weight excluding hydrogens is 866 g/mol. The Morgan fingerprint density at radius 2 is 1.03 bits per heavy atom. The Labute approximate surface area is 412 Å². The summed E-state index contributed by atoms with van der Waals surface area (Å²) in [6.07, 6.45) is 5.01. The minimum Gasteiger partial charge on any atom is -0.454 e. The SMILES string of the molecule is CC(C)(C)N1c2cc3c(cc2C2CCCCC21)N(c1ccccc1)c1cc([Si](c2ccccc2)(c2ccccc2)c2ccccc2)cc2c1B3c1ccc3c(oc4ccccc43)c1N2c1ccccc1. The van der Waals surface area contributed by atoms with Crippen LogP contribution in [0.3, 0.4) is 0 Å². The van der Waals surface area contributed by atoms with Gasteiger partial charge in [-0.1, -0.05) is 171 Å². The molecule has 1 fully saturated rings. The normalized spacial score (nSPS) is 17.0. The maximum atomic E-state index is 7.19. The van der Waals surface area contributed by atoms with Gasteiger partial charge in [0.1, 0.15) is 5.58 Å². The lowest BCUT2D eigenvalue weighted by molar-refractivity contribution is 0.341. The van der Waals surface area contributed by atoms with E-state index >= 15 is 0 Å². The van der Waals surface area contributed by atoms with Crippen LogP contribution in [0.5, 0.6) is 0 Å². The van der Waals surface area contributed by atoms with Crippen molar-refractivity contribution in [1.29, 1.82) is 0 Å². The number of para-hydroxylation sites is 3. The molecule has 2 atom stereocenters. The van der Waals surface area contributed by atoms with Crippen LogP contribution in [0.4, 0.5) is 39.8 Å². The van der Waals surface area contributed by atoms with Gasteiger partial charge in [0.15, 0.2) is 13.7 Å².